The summed E-state index contributed by atoms with van der Waals surface area (Å²) in [5.74, 6) is -1.26. The molecule has 132 valence electrons. The number of amides is 3. The first-order chi connectivity index (χ1) is 11.3. The number of nitrogens with two attached hydrogens (primary N) is 1. The summed E-state index contributed by atoms with van der Waals surface area (Å²) in [5, 5.41) is 5.07. The van der Waals surface area contributed by atoms with Gasteiger partial charge in [-0.2, -0.15) is 0 Å². The third-order valence-corrected chi connectivity index (χ3v) is 3.50. The molecule has 1 aromatic carbocycles. The van der Waals surface area contributed by atoms with Crippen molar-refractivity contribution in [3.63, 3.8) is 0 Å². The number of rotatable bonds is 8. The first-order valence-electron chi connectivity index (χ1n) is 7.92. The lowest BCUT2D eigenvalue weighted by Gasteiger charge is -2.23. The summed E-state index contributed by atoms with van der Waals surface area (Å²) < 4.78 is 5.12. The van der Waals surface area contributed by atoms with Gasteiger partial charge in [-0.25, -0.2) is 4.79 Å². The van der Waals surface area contributed by atoms with Crippen LogP contribution < -0.4 is 16.4 Å². The van der Waals surface area contributed by atoms with Crippen molar-refractivity contribution >= 4 is 17.9 Å². The molecule has 0 saturated carbocycles. The summed E-state index contributed by atoms with van der Waals surface area (Å²) in [4.78, 5) is 35.4. The van der Waals surface area contributed by atoms with Gasteiger partial charge >= 0.3 is 6.09 Å². The first kappa shape index (κ1) is 19.5. The van der Waals surface area contributed by atoms with E-state index in [1.165, 1.54) is 0 Å². The molecule has 0 unspecified atom stereocenters. The Morgan fingerprint density at radius 2 is 1.75 bits per heavy atom. The summed E-state index contributed by atoms with van der Waals surface area (Å²) in [6.45, 7) is 5.42. The third-order valence-electron chi connectivity index (χ3n) is 3.50. The molecule has 0 aliphatic carbocycles. The Morgan fingerprint density at radius 1 is 1.12 bits per heavy atom. The van der Waals surface area contributed by atoms with Gasteiger partial charge in [-0.1, -0.05) is 51.1 Å². The fourth-order valence-electron chi connectivity index (χ4n) is 2.06. The number of benzene rings is 1. The molecule has 0 fully saturated rings. The fraction of sp³-hybridized carbons (Fsp3) is 0.471. The second-order valence-corrected chi connectivity index (χ2v) is 5.80. The van der Waals surface area contributed by atoms with Crippen molar-refractivity contribution in [1.29, 1.82) is 0 Å². The maximum atomic E-state index is 12.3. The highest BCUT2D eigenvalue weighted by Crippen LogP contribution is 2.05. The quantitative estimate of drug-likeness (QED) is 0.665. The van der Waals surface area contributed by atoms with Crippen molar-refractivity contribution in [3.05, 3.63) is 35.9 Å². The van der Waals surface area contributed by atoms with Crippen molar-refractivity contribution in [3.8, 4) is 0 Å². The van der Waals surface area contributed by atoms with E-state index in [9.17, 15) is 14.4 Å². The molecule has 24 heavy (non-hydrogen) atoms. The van der Waals surface area contributed by atoms with Gasteiger partial charge < -0.3 is 21.1 Å². The number of nitrogens with one attached hydrogen (secondary N) is 2. The number of carbonyl (C=O) groups is 3. The van der Waals surface area contributed by atoms with E-state index in [-0.39, 0.29) is 12.5 Å². The van der Waals surface area contributed by atoms with Gasteiger partial charge in [0.1, 0.15) is 18.7 Å². The molecule has 0 saturated heterocycles. The highest BCUT2D eigenvalue weighted by molar-refractivity contribution is 5.90. The number of ether oxygens (including phenoxy) is 1. The molecule has 0 spiro atoms. The van der Waals surface area contributed by atoms with E-state index in [2.05, 4.69) is 10.6 Å². The molecular weight excluding hydrogens is 310 g/mol. The predicted molar refractivity (Wildman–Crippen MR) is 89.8 cm³/mol. The second-order valence-electron chi connectivity index (χ2n) is 5.80. The van der Waals surface area contributed by atoms with Gasteiger partial charge in [0.2, 0.25) is 11.8 Å². The van der Waals surface area contributed by atoms with Gasteiger partial charge in [0.05, 0.1) is 0 Å². The lowest BCUT2D eigenvalue weighted by molar-refractivity contribution is -0.129. The Labute approximate surface area is 141 Å². The monoisotopic (exact) mass is 335 g/mol. The molecule has 0 aliphatic heterocycles. The largest absolute Gasteiger partial charge is 0.445 e. The summed E-state index contributed by atoms with van der Waals surface area (Å²) in [7, 11) is 0. The van der Waals surface area contributed by atoms with E-state index in [0.717, 1.165) is 5.56 Å². The Bertz CT molecular complexity index is 560. The predicted octanol–water partition coefficient (Wildman–Crippen LogP) is 1.32. The van der Waals surface area contributed by atoms with Gasteiger partial charge in [0, 0.05) is 0 Å². The Hall–Kier alpha value is -2.57. The van der Waals surface area contributed by atoms with Crippen LogP contribution in [0.25, 0.3) is 0 Å². The van der Waals surface area contributed by atoms with Crippen LogP contribution in [-0.4, -0.2) is 30.0 Å². The molecule has 0 radical (unpaired) electrons. The van der Waals surface area contributed by atoms with Crippen LogP contribution in [0.4, 0.5) is 4.79 Å². The van der Waals surface area contributed by atoms with Crippen molar-refractivity contribution in [2.24, 2.45) is 11.7 Å². The molecule has 7 nitrogen and oxygen atoms in total. The topological polar surface area (TPSA) is 111 Å². The Morgan fingerprint density at radius 3 is 2.25 bits per heavy atom. The summed E-state index contributed by atoms with van der Waals surface area (Å²) in [6.07, 6.45) is -0.315. The van der Waals surface area contributed by atoms with Crippen LogP contribution in [-0.2, 0) is 20.9 Å². The second kappa shape index (κ2) is 9.54. The third kappa shape index (κ3) is 6.28. The van der Waals surface area contributed by atoms with Crippen LogP contribution in [0.1, 0.15) is 32.8 Å². The van der Waals surface area contributed by atoms with Gasteiger partial charge in [0.25, 0.3) is 0 Å². The SMILES string of the molecule is CC[C@@H](NC(=O)[C@H](NC(=O)OCc1ccccc1)C(C)C)C(N)=O. The van der Waals surface area contributed by atoms with E-state index >= 15 is 0 Å². The number of hydrogen-bond donors (Lipinski definition) is 3. The van der Waals surface area contributed by atoms with Crippen molar-refractivity contribution in [2.75, 3.05) is 0 Å². The number of carbonyl (C=O) groups excluding carboxylic acids is 3. The van der Waals surface area contributed by atoms with Gasteiger partial charge in [-0.3, -0.25) is 9.59 Å². The molecular formula is C17H25N3O4. The fourth-order valence-corrected chi connectivity index (χ4v) is 2.06. The average molecular weight is 335 g/mol. The van der Waals surface area contributed by atoms with Crippen LogP contribution in [0.5, 0.6) is 0 Å². The van der Waals surface area contributed by atoms with Crippen molar-refractivity contribution in [2.45, 2.75) is 45.9 Å². The minimum Gasteiger partial charge on any atom is -0.445 e. The molecule has 3 amide bonds. The molecule has 1 aromatic rings. The maximum Gasteiger partial charge on any atom is 0.408 e. The van der Waals surface area contributed by atoms with Crippen LogP contribution in [0.15, 0.2) is 30.3 Å². The highest BCUT2D eigenvalue weighted by atomic mass is 16.5. The van der Waals surface area contributed by atoms with Gasteiger partial charge in [-0.05, 0) is 17.9 Å². The lowest BCUT2D eigenvalue weighted by Crippen LogP contribution is -2.54. The molecule has 7 heteroatoms. The van der Waals surface area contributed by atoms with Crippen LogP contribution in [0.2, 0.25) is 0 Å². The van der Waals surface area contributed by atoms with Gasteiger partial charge in [-0.15, -0.1) is 0 Å². The standard InChI is InChI=1S/C17H25N3O4/c1-4-13(15(18)21)19-16(22)14(11(2)3)20-17(23)24-10-12-8-6-5-7-9-12/h5-9,11,13-14H,4,10H2,1-3H3,(H2,18,21)(H,19,22)(H,20,23)/t13-,14-/m1/s1. The minimum absolute atomic E-state index is 0.109. The maximum absolute atomic E-state index is 12.3. The van der Waals surface area contributed by atoms with E-state index in [1.54, 1.807) is 20.8 Å². The smallest absolute Gasteiger partial charge is 0.408 e. The minimum atomic E-state index is -0.818. The first-order valence-corrected chi connectivity index (χ1v) is 7.92. The normalized spacial score (nSPS) is 13.0. The van der Waals surface area contributed by atoms with Crippen molar-refractivity contribution in [1.82, 2.24) is 10.6 Å². The molecule has 4 N–H and O–H groups in total. The van der Waals surface area contributed by atoms with Crippen LogP contribution in [0.3, 0.4) is 0 Å². The summed E-state index contributed by atoms with van der Waals surface area (Å²) in [6, 6.07) is 7.64. The molecule has 1 rings (SSSR count). The van der Waals surface area contributed by atoms with E-state index in [0.29, 0.717) is 6.42 Å². The highest BCUT2D eigenvalue weighted by Gasteiger charge is 2.27. The van der Waals surface area contributed by atoms with E-state index in [4.69, 9.17) is 10.5 Å². The number of alkyl carbamates (subject to hydrolysis) is 1. The molecule has 0 aromatic heterocycles. The summed E-state index contributed by atoms with van der Waals surface area (Å²) in [5.41, 5.74) is 6.06. The average Bonchev–Trinajstić information content (AvgIpc) is 2.55. The van der Waals surface area contributed by atoms with Crippen LogP contribution in [0, 0.1) is 5.92 Å². The summed E-state index contributed by atoms with van der Waals surface area (Å²) >= 11 is 0. The Kier molecular flexibility index (Phi) is 7.74. The molecule has 0 bridgehead atoms. The zero-order valence-electron chi connectivity index (χ0n) is 14.2. The number of primary amides is 1. The van der Waals surface area contributed by atoms with Crippen LogP contribution >= 0.6 is 0 Å². The molecule has 0 aliphatic rings. The molecule has 2 atom stereocenters. The van der Waals surface area contributed by atoms with E-state index < -0.39 is 30.0 Å². The van der Waals surface area contributed by atoms with E-state index in [1.807, 2.05) is 30.3 Å². The van der Waals surface area contributed by atoms with Gasteiger partial charge in [0.15, 0.2) is 0 Å². The van der Waals surface area contributed by atoms with Crippen molar-refractivity contribution < 1.29 is 19.1 Å². The zero-order chi connectivity index (χ0) is 18.1. The zero-order valence-corrected chi connectivity index (χ0v) is 14.2. The lowest BCUT2D eigenvalue weighted by atomic mass is 10.0. The Balaban J connectivity index is 2.59. The molecule has 0 heterocycles. The number of hydrogen-bond acceptors (Lipinski definition) is 4.